The van der Waals surface area contributed by atoms with Crippen molar-refractivity contribution in [1.29, 1.82) is 0 Å². The van der Waals surface area contributed by atoms with Crippen LogP contribution in [0.2, 0.25) is 15.1 Å². The molecule has 8 aromatic rings. The summed E-state index contributed by atoms with van der Waals surface area (Å²) in [6, 6.07) is 75.7. The van der Waals surface area contributed by atoms with Crippen LogP contribution in [0, 0.1) is 23.7 Å². The van der Waals surface area contributed by atoms with E-state index in [4.69, 9.17) is 65.4 Å². The molecule has 0 radical (unpaired) electrons. The molecule has 0 amide bonds. The quantitative estimate of drug-likeness (QED) is 0.00902. The minimum atomic E-state index is -3.56. The summed E-state index contributed by atoms with van der Waals surface area (Å²) in [6.07, 6.45) is -19.1. The van der Waals surface area contributed by atoms with Crippen LogP contribution in [0.15, 0.2) is 258 Å². The van der Waals surface area contributed by atoms with Crippen LogP contribution in [0.1, 0.15) is 113 Å². The molecule has 0 saturated carbocycles. The second kappa shape index (κ2) is 47.1. The van der Waals surface area contributed by atoms with Gasteiger partial charge in [0, 0.05) is 4.91 Å². The molecule has 37 heteroatoms. The van der Waals surface area contributed by atoms with Crippen LogP contribution in [-0.2, 0) is 81.4 Å². The number of carbonyl (C=O) groups is 1. The maximum atomic E-state index is 15.1. The van der Waals surface area contributed by atoms with Gasteiger partial charge in [-0.2, -0.15) is 0 Å². The van der Waals surface area contributed by atoms with E-state index in [1.165, 1.54) is 0 Å². The van der Waals surface area contributed by atoms with Gasteiger partial charge in [0.05, 0.1) is 6.61 Å². The summed E-state index contributed by atoms with van der Waals surface area (Å²) in [5.74, 6) is -3.89. The van der Waals surface area contributed by atoms with E-state index in [1.54, 1.807) is 37.3 Å². The molecule has 8 aromatic carbocycles. The van der Waals surface area contributed by atoms with E-state index >= 15 is 4.79 Å². The summed E-state index contributed by atoms with van der Waals surface area (Å²) in [7, 11) is -8.57. The van der Waals surface area contributed by atoms with Gasteiger partial charge in [0.2, 0.25) is 0 Å². The van der Waals surface area contributed by atoms with E-state index in [0.717, 1.165) is 50.8 Å². The van der Waals surface area contributed by atoms with Gasteiger partial charge < -0.3 is 4.43 Å². The molecule has 0 aliphatic carbocycles. The van der Waals surface area contributed by atoms with Gasteiger partial charge in [-0.05, 0) is 39.0 Å². The van der Waals surface area contributed by atoms with Gasteiger partial charge in [-0.15, -0.1) is 0 Å². The number of benzene rings is 8. The van der Waals surface area contributed by atoms with Crippen LogP contribution in [0.3, 0.4) is 0 Å². The van der Waals surface area contributed by atoms with Crippen molar-refractivity contribution in [2.75, 3.05) is 33.0 Å². The number of aliphatic hydroxyl groups is 2. The van der Waals surface area contributed by atoms with Crippen molar-refractivity contribution in [2.45, 2.75) is 247 Å². The van der Waals surface area contributed by atoms with Crippen LogP contribution in [-0.4, -0.2) is 230 Å². The fraction of sp³-hybridized carbons (Fsp3) is 0.495. The monoisotopic (exact) mass is 1910 g/mol. The molecule has 5 aliphatic heterocycles. The van der Waals surface area contributed by atoms with Gasteiger partial charge in [0.15, 0.2) is 0 Å². The van der Waals surface area contributed by atoms with Crippen LogP contribution < -0.4 is 31.1 Å². The normalized spacial score (nSPS) is 29.4. The predicted octanol–water partition coefficient (Wildman–Crippen LogP) is 13.0. The van der Waals surface area contributed by atoms with E-state index in [1.807, 2.05) is 167 Å². The Morgan fingerprint density at radius 2 is 0.731 bits per heavy atom. The molecule has 28 nitrogen and oxygen atoms in total. The zero-order valence-electron chi connectivity index (χ0n) is 78.7. The Balaban J connectivity index is 0.880. The summed E-state index contributed by atoms with van der Waals surface area (Å²) in [4.78, 5) is 25.3. The van der Waals surface area contributed by atoms with Gasteiger partial charge in [-0.1, -0.05) is 130 Å². The fourth-order valence-corrected chi connectivity index (χ4v) is 37.1. The van der Waals surface area contributed by atoms with Crippen LogP contribution >= 0.6 is 16.9 Å². The Morgan fingerprint density at radius 1 is 0.388 bits per heavy atom. The molecule has 5 heterocycles. The summed E-state index contributed by atoms with van der Waals surface area (Å²) in [5.41, 5.74) is 31.8. The smallest absolute Gasteiger partial charge is 0.0622 e. The van der Waals surface area contributed by atoms with E-state index in [9.17, 15) is 36.2 Å². The Morgan fingerprint density at radius 3 is 1.16 bits per heavy atom. The number of hydrogen-bond acceptors (Lipinski definition) is 22. The SMILES string of the molecule is C[C@@H]1C(N=[N+]=[N-])[C@H](O[C@@H]2C(CO)O[C@@H](O[C@@H]3C(CO[Si](c4ccccc4)(c4ccccc4)C(C)(C)C)O[C@H](C)C(N=[N+]=[N-])[C@H]3PBB=O)[C@@H](C)C2OCc2ccccc2)OC(CO[Si](c2ccccc2)(c2ccccc2)C(C)(C)C)[C@H]1O[C@@H]1OC(CO)[C@@H](O[C@@H]2OC(CO[Si](c3ccccc3)(c3ccccc3)C(C)(C)C)[C@@H](C)[C@H](PBB=O)C2N=[N+]=[N-])[C@H](C)C1OC(=O)c1ccccc1. The molecule has 13 rings (SSSR count). The van der Waals surface area contributed by atoms with Crippen molar-refractivity contribution < 1.29 is 89.8 Å². The van der Waals surface area contributed by atoms with Crippen molar-refractivity contribution >= 4 is 107 Å². The first-order valence-corrected chi connectivity index (χ1v) is 54.6. The van der Waals surface area contributed by atoms with E-state index < -0.39 is 205 Å². The first-order chi connectivity index (χ1) is 64.6. The maximum absolute atomic E-state index is 15.1. The fourth-order valence-electron chi connectivity index (χ4n) is 20.5. The molecular formula is C97H125B4N9O19P2Si3. The van der Waals surface area contributed by atoms with Crippen molar-refractivity contribution in [2.24, 2.45) is 39.0 Å². The molecule has 12 unspecified atom stereocenters. The summed E-state index contributed by atoms with van der Waals surface area (Å²) < 4.78 is 128. The Hall–Kier alpha value is -8.07. The number of nitrogens with zero attached hydrogens (tertiary/aromatic N) is 9. The van der Waals surface area contributed by atoms with Crippen molar-refractivity contribution in [1.82, 2.24) is 0 Å². The number of aliphatic hydroxyl groups excluding tert-OH is 2. The molecule has 27 atom stereocenters. The van der Waals surface area contributed by atoms with Gasteiger partial charge in [-0.25, -0.2) is 0 Å². The number of rotatable bonds is 39. The first-order valence-electron chi connectivity index (χ1n) is 46.3. The zero-order chi connectivity index (χ0) is 95.5. The van der Waals surface area contributed by atoms with Gasteiger partial charge in [0.1, 0.15) is 6.10 Å². The molecular weight excluding hydrogens is 1780 g/mol. The van der Waals surface area contributed by atoms with Gasteiger partial charge in [0.25, 0.3) is 8.32 Å². The molecule has 0 spiro atoms. The molecule has 0 aromatic heterocycles. The Bertz CT molecular complexity index is 5110. The van der Waals surface area contributed by atoms with E-state index in [2.05, 4.69) is 165 Å². The third-order valence-electron chi connectivity index (χ3n) is 27.1. The van der Waals surface area contributed by atoms with Crippen molar-refractivity contribution in [3.05, 3.63) is 285 Å². The number of esters is 1. The Labute approximate surface area is 795 Å². The molecule has 0 bridgehead atoms. The van der Waals surface area contributed by atoms with Gasteiger partial charge >= 0.3 is 601 Å². The van der Waals surface area contributed by atoms with Crippen molar-refractivity contribution in [3.8, 4) is 0 Å². The molecule has 2 N–H and O–H groups in total. The zero-order valence-corrected chi connectivity index (χ0v) is 83.7. The summed E-state index contributed by atoms with van der Waals surface area (Å²) in [6.45, 7) is 27.6. The average Bonchev–Trinajstić information content (AvgIpc) is 0.746. The van der Waals surface area contributed by atoms with Gasteiger partial charge in [-0.3, -0.25) is 0 Å². The second-order valence-corrected chi connectivity index (χ2v) is 54.3. The first kappa shape index (κ1) is 103. The summed E-state index contributed by atoms with van der Waals surface area (Å²) in [5, 5.41) is 42.0. The molecule has 5 saturated heterocycles. The molecule has 5 fully saturated rings. The predicted molar refractivity (Wildman–Crippen MR) is 531 cm³/mol. The third kappa shape index (κ3) is 22.7. The Kier molecular flexibility index (Phi) is 36.3. The standard InChI is InChI=1S/C97H125B4N9O19P2Si3/c1-61-76(58-117-132(95(6,7)8,68-43-27-17-28-44-68)69-45-29-18-30-46-69)123-93(81(107-110-104)88(61)130-100-98-114)126-83-63(3)85(125-90(113)67-41-25-16-26-42-67)94(122-74(83)55-111)127-82-62(2)79(105-108-102)92(124-77(82)59-118-133(96(9,10)11,70-47-31-19-32-48-70)71-49-33-20-34-50-71)128-86-75(56-112)121-91(64(4)84(86)116-57-66-39-23-15-24-40-66)129-87-78(120-65(5)80(106-109-103)89(87)131-101-99-115)60-119-134(97(12,13)14,72-51-35-21-36-52-72)73-53-37-22-38-54-73/h15-54,61-65,74-89,91-94,100-101,111-112,130-131H,55-60H2,1-14H3/t61-,62-,63+,64+,65-,74?,75?,76?,77?,78?,79?,80?,81?,82+,83+,84?,85?,86-,87-,88+,89-,91+,92+,93+,94+/m1/s1. The second-order valence-electron chi connectivity index (χ2n) is 38.5. The number of carbonyl (C=O) groups excluding carboxylic acids is 1. The third-order valence-corrected chi connectivity index (χ3v) is 45.4. The number of hydrogen-bond donors (Lipinski definition) is 2. The van der Waals surface area contributed by atoms with E-state index in [0.29, 0.717) is 0 Å². The van der Waals surface area contributed by atoms with Crippen LogP contribution in [0.5, 0.6) is 0 Å². The molecule has 5 aliphatic rings. The van der Waals surface area contributed by atoms with E-state index in [-0.39, 0.29) is 68.6 Å². The number of ether oxygens (including phenoxy) is 11. The van der Waals surface area contributed by atoms with Crippen LogP contribution in [0.4, 0.5) is 0 Å². The van der Waals surface area contributed by atoms with Crippen molar-refractivity contribution in [3.63, 3.8) is 0 Å². The minimum absolute atomic E-state index is 0.00564. The minimum Gasteiger partial charge on any atom is -0.0622 e. The summed E-state index contributed by atoms with van der Waals surface area (Å²) >= 11 is 0. The average molecular weight is 1910 g/mol. The van der Waals surface area contributed by atoms with Crippen LogP contribution in [0.25, 0.3) is 31.3 Å². The number of azide groups is 3. The topological polar surface area (TPSA) is 367 Å². The molecule has 134 heavy (non-hydrogen) atoms. The molecule has 706 valence electrons.